The van der Waals surface area contributed by atoms with E-state index in [1.165, 1.54) is 11.3 Å². The van der Waals surface area contributed by atoms with Gasteiger partial charge in [0.15, 0.2) is 0 Å². The second-order valence-electron chi connectivity index (χ2n) is 4.36. The number of rotatable bonds is 3. The molecular weight excluding hydrogens is 284 g/mol. The summed E-state index contributed by atoms with van der Waals surface area (Å²) in [4.78, 5) is 12.4. The Hall–Kier alpha value is -2.23. The third kappa shape index (κ3) is 3.88. The van der Waals surface area contributed by atoms with Crippen molar-refractivity contribution in [2.45, 2.75) is 20.3 Å². The van der Waals surface area contributed by atoms with Crippen molar-refractivity contribution in [1.29, 1.82) is 0 Å². The predicted molar refractivity (Wildman–Crippen MR) is 84.4 cm³/mol. The van der Waals surface area contributed by atoms with Crippen molar-refractivity contribution in [1.82, 2.24) is 10.2 Å². The highest BCUT2D eigenvalue weighted by Gasteiger charge is 2.13. The Labute approximate surface area is 127 Å². The summed E-state index contributed by atoms with van der Waals surface area (Å²) < 4.78 is 0. The van der Waals surface area contributed by atoms with E-state index in [0.29, 0.717) is 16.3 Å². The van der Waals surface area contributed by atoms with E-state index in [4.69, 9.17) is 5.73 Å². The van der Waals surface area contributed by atoms with Gasteiger partial charge >= 0.3 is 0 Å². The van der Waals surface area contributed by atoms with Gasteiger partial charge in [0.2, 0.25) is 5.13 Å². The third-order valence-electron chi connectivity index (χ3n) is 2.73. The van der Waals surface area contributed by atoms with E-state index in [9.17, 15) is 4.79 Å². The first kappa shape index (κ1) is 15.2. The van der Waals surface area contributed by atoms with Crippen molar-refractivity contribution in [3.05, 3.63) is 39.9 Å². The summed E-state index contributed by atoms with van der Waals surface area (Å²) in [6.45, 7) is 4.18. The second kappa shape index (κ2) is 6.97. The summed E-state index contributed by atoms with van der Waals surface area (Å²) in [6.07, 6.45) is 0.797. The van der Waals surface area contributed by atoms with E-state index >= 15 is 0 Å². The van der Waals surface area contributed by atoms with Gasteiger partial charge in [-0.15, -0.1) is 10.2 Å². The van der Waals surface area contributed by atoms with Gasteiger partial charge in [0.25, 0.3) is 5.91 Å². The molecule has 0 aliphatic rings. The molecule has 0 spiro atoms. The third-order valence-corrected chi connectivity index (χ3v) is 3.72. The Bertz CT molecular complexity index is 712. The Morgan fingerprint density at radius 2 is 2.24 bits per heavy atom. The molecule has 2 aromatic rings. The number of hydrogen-bond acceptors (Lipinski definition) is 5. The number of anilines is 1. The SMILES string of the molecule is CCc1nnc(NC(=O)c2cc(C)ccc2C#CCN)s1. The first-order chi connectivity index (χ1) is 10.1. The molecule has 1 heterocycles. The van der Waals surface area contributed by atoms with E-state index < -0.39 is 0 Å². The van der Waals surface area contributed by atoms with Crippen LogP contribution in [0, 0.1) is 18.8 Å². The number of nitrogens with two attached hydrogens (primary N) is 1. The number of carbonyl (C=O) groups excluding carboxylic acids is 1. The van der Waals surface area contributed by atoms with Crippen molar-refractivity contribution >= 4 is 22.4 Å². The van der Waals surface area contributed by atoms with Crippen LogP contribution in [0.3, 0.4) is 0 Å². The van der Waals surface area contributed by atoms with E-state index in [1.54, 1.807) is 6.07 Å². The van der Waals surface area contributed by atoms with Gasteiger partial charge in [-0.3, -0.25) is 10.1 Å². The smallest absolute Gasteiger partial charge is 0.258 e. The van der Waals surface area contributed by atoms with Gasteiger partial charge in [-0.05, 0) is 25.5 Å². The molecule has 21 heavy (non-hydrogen) atoms. The monoisotopic (exact) mass is 300 g/mol. The molecule has 6 heteroatoms. The molecule has 0 aliphatic heterocycles. The van der Waals surface area contributed by atoms with Crippen LogP contribution >= 0.6 is 11.3 Å². The number of amides is 1. The van der Waals surface area contributed by atoms with Gasteiger partial charge in [0, 0.05) is 5.56 Å². The van der Waals surface area contributed by atoms with Crippen molar-refractivity contribution < 1.29 is 4.79 Å². The molecule has 0 radical (unpaired) electrons. The molecule has 0 saturated heterocycles. The lowest BCUT2D eigenvalue weighted by atomic mass is 10.0. The van der Waals surface area contributed by atoms with Crippen molar-refractivity contribution in [3.63, 3.8) is 0 Å². The number of nitrogens with zero attached hydrogens (tertiary/aromatic N) is 2. The molecule has 3 N–H and O–H groups in total. The second-order valence-corrected chi connectivity index (χ2v) is 5.43. The Morgan fingerprint density at radius 3 is 2.90 bits per heavy atom. The van der Waals surface area contributed by atoms with E-state index in [2.05, 4.69) is 27.4 Å². The Kier molecular flexibility index (Phi) is 5.04. The van der Waals surface area contributed by atoms with Crippen LogP contribution in [0.4, 0.5) is 5.13 Å². The van der Waals surface area contributed by atoms with Crippen molar-refractivity contribution in [2.24, 2.45) is 5.73 Å². The first-order valence-electron chi connectivity index (χ1n) is 6.57. The highest BCUT2D eigenvalue weighted by Crippen LogP contribution is 2.18. The lowest BCUT2D eigenvalue weighted by Crippen LogP contribution is -2.13. The lowest BCUT2D eigenvalue weighted by Gasteiger charge is -2.05. The number of hydrogen-bond donors (Lipinski definition) is 2. The standard InChI is InChI=1S/C15H16N4OS/c1-3-13-18-19-15(21-13)17-14(20)12-9-10(2)6-7-11(12)5-4-8-16/h6-7,9H,3,8,16H2,1-2H3,(H,17,19,20). The van der Waals surface area contributed by atoms with Crippen LogP contribution in [-0.4, -0.2) is 22.6 Å². The summed E-state index contributed by atoms with van der Waals surface area (Å²) in [5, 5.41) is 12.1. The molecule has 1 amide bonds. The minimum atomic E-state index is -0.237. The molecule has 5 nitrogen and oxygen atoms in total. The van der Waals surface area contributed by atoms with Crippen molar-refractivity contribution in [2.75, 3.05) is 11.9 Å². The van der Waals surface area contributed by atoms with Gasteiger partial charge < -0.3 is 5.73 Å². The fraction of sp³-hybridized carbons (Fsp3) is 0.267. The van der Waals surface area contributed by atoms with Gasteiger partial charge in [-0.2, -0.15) is 0 Å². The zero-order chi connectivity index (χ0) is 15.2. The summed E-state index contributed by atoms with van der Waals surface area (Å²) in [7, 11) is 0. The molecule has 1 aromatic heterocycles. The van der Waals surface area contributed by atoms with Crippen LogP contribution in [0.1, 0.15) is 33.4 Å². The van der Waals surface area contributed by atoms with Gasteiger partial charge in [-0.25, -0.2) is 0 Å². The highest BCUT2D eigenvalue weighted by atomic mass is 32.1. The van der Waals surface area contributed by atoms with E-state index in [-0.39, 0.29) is 12.5 Å². The van der Waals surface area contributed by atoms with Crippen molar-refractivity contribution in [3.8, 4) is 11.8 Å². The summed E-state index contributed by atoms with van der Waals surface area (Å²) in [6, 6.07) is 5.54. The van der Waals surface area contributed by atoms with Crippen LogP contribution in [0.2, 0.25) is 0 Å². The zero-order valence-corrected chi connectivity index (χ0v) is 12.8. The van der Waals surface area contributed by atoms with Gasteiger partial charge in [0.05, 0.1) is 12.1 Å². The van der Waals surface area contributed by atoms with Crippen LogP contribution in [-0.2, 0) is 6.42 Å². The molecule has 0 atom stereocenters. The molecule has 2 rings (SSSR count). The van der Waals surface area contributed by atoms with Gasteiger partial charge in [-0.1, -0.05) is 41.7 Å². The van der Waals surface area contributed by atoms with E-state index in [0.717, 1.165) is 17.0 Å². The summed E-state index contributed by atoms with van der Waals surface area (Å²) in [5.41, 5.74) is 7.55. The largest absolute Gasteiger partial charge is 0.320 e. The number of aryl methyl sites for hydroxylation is 2. The van der Waals surface area contributed by atoms with Crippen LogP contribution in [0.15, 0.2) is 18.2 Å². The minimum Gasteiger partial charge on any atom is -0.320 e. The molecular formula is C15H16N4OS. The predicted octanol–water partition coefficient (Wildman–Crippen LogP) is 1.97. The minimum absolute atomic E-state index is 0.237. The number of nitrogens with one attached hydrogen (secondary N) is 1. The number of benzene rings is 1. The fourth-order valence-electron chi connectivity index (χ4n) is 1.71. The maximum atomic E-state index is 12.4. The highest BCUT2D eigenvalue weighted by molar-refractivity contribution is 7.15. The van der Waals surface area contributed by atoms with E-state index in [1.807, 2.05) is 26.0 Å². The number of aromatic nitrogens is 2. The maximum Gasteiger partial charge on any atom is 0.258 e. The fourth-order valence-corrected chi connectivity index (χ4v) is 2.39. The Balaban J connectivity index is 2.27. The molecule has 0 unspecified atom stereocenters. The average molecular weight is 300 g/mol. The average Bonchev–Trinajstić information content (AvgIpc) is 2.93. The molecule has 0 aliphatic carbocycles. The lowest BCUT2D eigenvalue weighted by molar-refractivity contribution is 0.102. The molecule has 0 fully saturated rings. The quantitative estimate of drug-likeness (QED) is 0.849. The number of carbonyl (C=O) groups is 1. The molecule has 0 bridgehead atoms. The Morgan fingerprint density at radius 1 is 1.43 bits per heavy atom. The summed E-state index contributed by atoms with van der Waals surface area (Å²) >= 11 is 1.37. The summed E-state index contributed by atoms with van der Waals surface area (Å²) in [5.74, 6) is 5.45. The molecule has 0 saturated carbocycles. The first-order valence-corrected chi connectivity index (χ1v) is 7.39. The van der Waals surface area contributed by atoms with Crippen LogP contribution < -0.4 is 11.1 Å². The van der Waals surface area contributed by atoms with Crippen LogP contribution in [0.25, 0.3) is 0 Å². The normalized spacial score (nSPS) is 9.86. The zero-order valence-electron chi connectivity index (χ0n) is 11.9. The molecule has 108 valence electrons. The maximum absolute atomic E-state index is 12.4. The van der Waals surface area contributed by atoms with Gasteiger partial charge in [0.1, 0.15) is 5.01 Å². The topological polar surface area (TPSA) is 80.9 Å². The molecule has 1 aromatic carbocycles. The van der Waals surface area contributed by atoms with Crippen LogP contribution in [0.5, 0.6) is 0 Å².